The van der Waals surface area contributed by atoms with Gasteiger partial charge >= 0.3 is 0 Å². The minimum absolute atomic E-state index is 0.289. The van der Waals surface area contributed by atoms with Crippen molar-refractivity contribution in [2.45, 2.75) is 23.1 Å². The first-order chi connectivity index (χ1) is 11.2. The molecular formula is C17H17N5S. The van der Waals surface area contributed by atoms with Crippen molar-refractivity contribution in [3.8, 4) is 0 Å². The molecule has 2 aromatic heterocycles. The third-order valence-electron chi connectivity index (χ3n) is 3.17. The van der Waals surface area contributed by atoms with Gasteiger partial charge in [-0.3, -0.25) is 4.98 Å². The summed E-state index contributed by atoms with van der Waals surface area (Å²) >= 11 is 1.70. The summed E-state index contributed by atoms with van der Waals surface area (Å²) in [6.45, 7) is 2.04. The molecule has 0 amide bonds. The number of pyridine rings is 1. The Morgan fingerprint density at radius 2 is 1.70 bits per heavy atom. The van der Waals surface area contributed by atoms with E-state index in [9.17, 15) is 0 Å². The van der Waals surface area contributed by atoms with E-state index in [0.29, 0.717) is 5.82 Å². The average molecular weight is 323 g/mol. The number of benzene rings is 1. The highest BCUT2D eigenvalue weighted by Crippen LogP contribution is 2.28. The van der Waals surface area contributed by atoms with E-state index in [1.54, 1.807) is 24.2 Å². The summed E-state index contributed by atoms with van der Waals surface area (Å²) in [5.74, 6) is 1.00. The molecule has 0 bridgehead atoms. The molecule has 2 heterocycles. The molecule has 0 saturated heterocycles. The van der Waals surface area contributed by atoms with Gasteiger partial charge in [-0.05, 0) is 42.8 Å². The zero-order valence-corrected chi connectivity index (χ0v) is 13.5. The van der Waals surface area contributed by atoms with Crippen LogP contribution >= 0.6 is 11.8 Å². The maximum absolute atomic E-state index is 5.73. The highest BCUT2D eigenvalue weighted by Gasteiger charge is 2.03. The Morgan fingerprint density at radius 1 is 1.00 bits per heavy atom. The van der Waals surface area contributed by atoms with E-state index in [2.05, 4.69) is 32.4 Å². The van der Waals surface area contributed by atoms with E-state index in [1.165, 1.54) is 0 Å². The Morgan fingerprint density at radius 3 is 2.39 bits per heavy atom. The first-order valence-corrected chi connectivity index (χ1v) is 8.13. The van der Waals surface area contributed by atoms with Crippen molar-refractivity contribution < 1.29 is 0 Å². The van der Waals surface area contributed by atoms with E-state index in [4.69, 9.17) is 5.73 Å². The van der Waals surface area contributed by atoms with Crippen molar-refractivity contribution in [3.63, 3.8) is 0 Å². The summed E-state index contributed by atoms with van der Waals surface area (Å²) in [6.07, 6.45) is 4.41. The summed E-state index contributed by atoms with van der Waals surface area (Å²) in [5.41, 5.74) is 7.61. The molecule has 0 aliphatic heterocycles. The summed E-state index contributed by atoms with van der Waals surface area (Å²) in [7, 11) is 0. The molecule has 5 nitrogen and oxygen atoms in total. The van der Waals surface area contributed by atoms with Gasteiger partial charge in [-0.25, -0.2) is 4.98 Å². The van der Waals surface area contributed by atoms with Crippen molar-refractivity contribution in [2.75, 3.05) is 11.1 Å². The second-order valence-electron chi connectivity index (χ2n) is 4.89. The van der Waals surface area contributed by atoms with Crippen molar-refractivity contribution in [1.82, 2.24) is 15.0 Å². The Kier molecular flexibility index (Phi) is 4.73. The third kappa shape index (κ3) is 4.20. The van der Waals surface area contributed by atoms with Crippen molar-refractivity contribution in [3.05, 3.63) is 60.6 Å². The highest BCUT2D eigenvalue weighted by molar-refractivity contribution is 7.99. The van der Waals surface area contributed by atoms with Gasteiger partial charge in [0.05, 0.1) is 0 Å². The Balaban J connectivity index is 1.71. The fourth-order valence-corrected chi connectivity index (χ4v) is 2.86. The molecule has 3 N–H and O–H groups in total. The first-order valence-electron chi connectivity index (χ1n) is 7.31. The number of rotatable bonds is 5. The molecule has 0 aliphatic rings. The maximum atomic E-state index is 5.73. The van der Waals surface area contributed by atoms with E-state index in [0.717, 1.165) is 27.6 Å². The SMILES string of the molecule is CCc1cc(Nc2ccc(Sc3ccncc3)cc2)nc(N)n1. The molecule has 0 unspecified atom stereocenters. The predicted octanol–water partition coefficient (Wildman–Crippen LogP) is 3.91. The molecule has 3 rings (SSSR count). The fraction of sp³-hybridized carbons (Fsp3) is 0.118. The van der Waals surface area contributed by atoms with E-state index < -0.39 is 0 Å². The number of nitrogen functional groups attached to an aromatic ring is 1. The Hall–Kier alpha value is -2.60. The minimum atomic E-state index is 0.289. The highest BCUT2D eigenvalue weighted by atomic mass is 32.2. The van der Waals surface area contributed by atoms with E-state index in [-0.39, 0.29) is 5.95 Å². The number of nitrogens with two attached hydrogens (primary N) is 1. The molecule has 0 fully saturated rings. The summed E-state index contributed by atoms with van der Waals surface area (Å²) < 4.78 is 0. The van der Waals surface area contributed by atoms with Crippen LogP contribution in [0.3, 0.4) is 0 Å². The zero-order chi connectivity index (χ0) is 16.1. The summed E-state index contributed by atoms with van der Waals surface area (Å²) in [5, 5.41) is 3.26. The molecule has 0 aliphatic carbocycles. The first kappa shape index (κ1) is 15.3. The lowest BCUT2D eigenvalue weighted by Crippen LogP contribution is -2.02. The topological polar surface area (TPSA) is 76.7 Å². The third-order valence-corrected chi connectivity index (χ3v) is 4.19. The van der Waals surface area contributed by atoms with E-state index >= 15 is 0 Å². The molecular weight excluding hydrogens is 306 g/mol. The van der Waals surface area contributed by atoms with Gasteiger partial charge < -0.3 is 11.1 Å². The number of anilines is 3. The smallest absolute Gasteiger partial charge is 0.222 e. The Labute approximate surface area is 139 Å². The molecule has 0 radical (unpaired) electrons. The average Bonchev–Trinajstić information content (AvgIpc) is 2.57. The van der Waals surface area contributed by atoms with Gasteiger partial charge in [0.15, 0.2) is 0 Å². The van der Waals surface area contributed by atoms with Crippen LogP contribution in [0.4, 0.5) is 17.5 Å². The number of hydrogen-bond donors (Lipinski definition) is 2. The number of nitrogens with one attached hydrogen (secondary N) is 1. The molecule has 0 saturated carbocycles. The molecule has 3 aromatic rings. The standard InChI is InChI=1S/C17H17N5S/c1-2-12-11-16(22-17(18)21-12)20-13-3-5-14(6-4-13)23-15-7-9-19-10-8-15/h3-11H,2H2,1H3,(H3,18,20,21,22). The van der Waals surface area contributed by atoms with Crippen LogP contribution in [0.5, 0.6) is 0 Å². The lowest BCUT2D eigenvalue weighted by molar-refractivity contribution is 1.01. The second kappa shape index (κ2) is 7.11. The maximum Gasteiger partial charge on any atom is 0.222 e. The second-order valence-corrected chi connectivity index (χ2v) is 6.04. The normalized spacial score (nSPS) is 10.5. The molecule has 116 valence electrons. The van der Waals surface area contributed by atoms with Crippen LogP contribution in [0.25, 0.3) is 0 Å². The van der Waals surface area contributed by atoms with Crippen LogP contribution in [0.1, 0.15) is 12.6 Å². The van der Waals surface area contributed by atoms with Crippen LogP contribution in [0.15, 0.2) is 64.6 Å². The summed E-state index contributed by atoms with van der Waals surface area (Å²) in [4.78, 5) is 14.7. The number of aryl methyl sites for hydroxylation is 1. The van der Waals surface area contributed by atoms with Gasteiger partial charge in [0.1, 0.15) is 5.82 Å². The van der Waals surface area contributed by atoms with Crippen LogP contribution in [0, 0.1) is 0 Å². The van der Waals surface area contributed by atoms with Gasteiger partial charge in [-0.2, -0.15) is 4.98 Å². The van der Waals surface area contributed by atoms with Crippen LogP contribution < -0.4 is 11.1 Å². The quantitative estimate of drug-likeness (QED) is 0.741. The van der Waals surface area contributed by atoms with Gasteiger partial charge in [0.2, 0.25) is 5.95 Å². The lowest BCUT2D eigenvalue weighted by atomic mass is 10.3. The Bertz CT molecular complexity index is 775. The van der Waals surface area contributed by atoms with Crippen LogP contribution in [0.2, 0.25) is 0 Å². The molecule has 23 heavy (non-hydrogen) atoms. The van der Waals surface area contributed by atoms with Crippen molar-refractivity contribution >= 4 is 29.2 Å². The van der Waals surface area contributed by atoms with Gasteiger partial charge in [-0.15, -0.1) is 0 Å². The number of nitrogens with zero attached hydrogens (tertiary/aromatic N) is 3. The lowest BCUT2D eigenvalue weighted by Gasteiger charge is -2.08. The minimum Gasteiger partial charge on any atom is -0.368 e. The van der Waals surface area contributed by atoms with Crippen LogP contribution in [-0.2, 0) is 6.42 Å². The fourth-order valence-electron chi connectivity index (χ4n) is 2.06. The van der Waals surface area contributed by atoms with Crippen molar-refractivity contribution in [1.29, 1.82) is 0 Å². The monoisotopic (exact) mass is 323 g/mol. The predicted molar refractivity (Wildman–Crippen MR) is 93.9 cm³/mol. The molecule has 0 atom stereocenters. The van der Waals surface area contributed by atoms with Crippen LogP contribution in [-0.4, -0.2) is 15.0 Å². The van der Waals surface area contributed by atoms with Crippen molar-refractivity contribution in [2.24, 2.45) is 0 Å². The summed E-state index contributed by atoms with van der Waals surface area (Å²) in [6, 6.07) is 14.1. The van der Waals surface area contributed by atoms with Gasteiger partial charge in [0, 0.05) is 39.6 Å². The molecule has 0 spiro atoms. The zero-order valence-electron chi connectivity index (χ0n) is 12.7. The largest absolute Gasteiger partial charge is 0.368 e. The molecule has 6 heteroatoms. The van der Waals surface area contributed by atoms with E-state index in [1.807, 2.05) is 37.3 Å². The number of hydrogen-bond acceptors (Lipinski definition) is 6. The molecule has 1 aromatic carbocycles. The van der Waals surface area contributed by atoms with Gasteiger partial charge in [-0.1, -0.05) is 18.7 Å². The van der Waals surface area contributed by atoms with Gasteiger partial charge in [0.25, 0.3) is 0 Å². The number of aromatic nitrogens is 3.